The Balaban J connectivity index is 1.79. The normalized spacial score (nSPS) is 11.0. The third-order valence-corrected chi connectivity index (χ3v) is 5.95. The molecule has 0 bridgehead atoms. The Morgan fingerprint density at radius 1 is 1.27 bits per heavy atom. The zero-order chi connectivity index (χ0) is 21.3. The number of benzene rings is 1. The van der Waals surface area contributed by atoms with E-state index in [-0.39, 0.29) is 17.5 Å². The lowest BCUT2D eigenvalue weighted by molar-refractivity contribution is 0.102. The minimum absolute atomic E-state index is 0.0376. The SMILES string of the molecule is COc1ccc(-n2nc(C(=O)Nc3nc(CCF)cs3)c3csc(N)c3c2=O)cc1. The van der Waals surface area contributed by atoms with Crippen molar-refractivity contribution in [1.82, 2.24) is 14.8 Å². The van der Waals surface area contributed by atoms with E-state index in [1.54, 1.807) is 35.0 Å². The molecular weight excluding hydrogens is 429 g/mol. The highest BCUT2D eigenvalue weighted by atomic mass is 32.1. The van der Waals surface area contributed by atoms with Crippen LogP contribution in [0.4, 0.5) is 14.5 Å². The van der Waals surface area contributed by atoms with Crippen molar-refractivity contribution in [2.45, 2.75) is 6.42 Å². The van der Waals surface area contributed by atoms with Crippen LogP contribution >= 0.6 is 22.7 Å². The molecule has 11 heteroatoms. The molecule has 8 nitrogen and oxygen atoms in total. The Bertz CT molecular complexity index is 1280. The van der Waals surface area contributed by atoms with Gasteiger partial charge in [0.15, 0.2) is 10.8 Å². The number of ether oxygens (including phenoxy) is 1. The number of aromatic nitrogens is 3. The van der Waals surface area contributed by atoms with Gasteiger partial charge >= 0.3 is 0 Å². The minimum atomic E-state index is -0.541. The van der Waals surface area contributed by atoms with Gasteiger partial charge in [-0.05, 0) is 24.3 Å². The lowest BCUT2D eigenvalue weighted by atomic mass is 10.2. The number of anilines is 2. The van der Waals surface area contributed by atoms with Crippen molar-refractivity contribution < 1.29 is 13.9 Å². The Hall–Kier alpha value is -3.31. The summed E-state index contributed by atoms with van der Waals surface area (Å²) in [4.78, 5) is 30.1. The highest BCUT2D eigenvalue weighted by Gasteiger charge is 2.21. The van der Waals surface area contributed by atoms with Crippen molar-refractivity contribution in [2.24, 2.45) is 0 Å². The van der Waals surface area contributed by atoms with Gasteiger partial charge in [-0.25, -0.2) is 4.98 Å². The number of hydrogen-bond donors (Lipinski definition) is 2. The maximum Gasteiger partial charge on any atom is 0.282 e. The lowest BCUT2D eigenvalue weighted by Gasteiger charge is -2.10. The van der Waals surface area contributed by atoms with Gasteiger partial charge in [0.05, 0.1) is 35.6 Å². The molecule has 3 heterocycles. The Labute approximate surface area is 177 Å². The summed E-state index contributed by atoms with van der Waals surface area (Å²) >= 11 is 2.35. The van der Waals surface area contributed by atoms with Gasteiger partial charge in [0.1, 0.15) is 5.75 Å². The summed E-state index contributed by atoms with van der Waals surface area (Å²) in [5, 5.41) is 11.5. The molecule has 0 aliphatic heterocycles. The smallest absolute Gasteiger partial charge is 0.282 e. The van der Waals surface area contributed by atoms with E-state index in [0.717, 1.165) is 16.0 Å². The summed E-state index contributed by atoms with van der Waals surface area (Å²) < 4.78 is 18.8. The highest BCUT2D eigenvalue weighted by Crippen LogP contribution is 2.28. The molecule has 1 amide bonds. The van der Waals surface area contributed by atoms with Gasteiger partial charge in [-0.2, -0.15) is 9.78 Å². The van der Waals surface area contributed by atoms with E-state index in [2.05, 4.69) is 15.4 Å². The van der Waals surface area contributed by atoms with Gasteiger partial charge in [0, 0.05) is 22.6 Å². The van der Waals surface area contributed by atoms with Crippen LogP contribution in [0.15, 0.2) is 39.8 Å². The van der Waals surface area contributed by atoms with Crippen LogP contribution in [0.3, 0.4) is 0 Å². The molecule has 0 aliphatic carbocycles. The fourth-order valence-corrected chi connectivity index (χ4v) is 4.40. The third kappa shape index (κ3) is 3.64. The fraction of sp³-hybridized carbons (Fsp3) is 0.158. The largest absolute Gasteiger partial charge is 0.497 e. The number of carbonyl (C=O) groups is 1. The van der Waals surface area contributed by atoms with Crippen molar-refractivity contribution in [1.29, 1.82) is 0 Å². The number of fused-ring (bicyclic) bond motifs is 1. The second-order valence-electron chi connectivity index (χ2n) is 6.19. The van der Waals surface area contributed by atoms with Gasteiger partial charge in [0.25, 0.3) is 11.5 Å². The van der Waals surface area contributed by atoms with Crippen molar-refractivity contribution in [2.75, 3.05) is 24.8 Å². The van der Waals surface area contributed by atoms with Crippen LogP contribution in [-0.4, -0.2) is 34.5 Å². The number of amides is 1. The van der Waals surface area contributed by atoms with Crippen LogP contribution in [0.5, 0.6) is 5.75 Å². The minimum Gasteiger partial charge on any atom is -0.497 e. The van der Waals surface area contributed by atoms with Crippen molar-refractivity contribution >= 4 is 49.5 Å². The number of carbonyl (C=O) groups excluding carboxylic acids is 1. The van der Waals surface area contributed by atoms with Crippen molar-refractivity contribution in [3.63, 3.8) is 0 Å². The van der Waals surface area contributed by atoms with Crippen LogP contribution in [-0.2, 0) is 6.42 Å². The fourth-order valence-electron chi connectivity index (χ4n) is 2.87. The van der Waals surface area contributed by atoms with E-state index in [1.807, 2.05) is 0 Å². The first-order valence-electron chi connectivity index (χ1n) is 8.78. The summed E-state index contributed by atoms with van der Waals surface area (Å²) in [5.41, 5.74) is 6.63. The number of hydrogen-bond acceptors (Lipinski definition) is 8. The number of aryl methyl sites for hydroxylation is 1. The number of rotatable bonds is 6. The maximum atomic E-state index is 13.0. The number of thiophene rings is 1. The van der Waals surface area contributed by atoms with E-state index in [4.69, 9.17) is 10.5 Å². The molecule has 0 aliphatic rings. The summed E-state index contributed by atoms with van der Waals surface area (Å²) in [6, 6.07) is 6.69. The van der Waals surface area contributed by atoms with Gasteiger partial charge in [0.2, 0.25) is 0 Å². The molecule has 0 fully saturated rings. The lowest BCUT2D eigenvalue weighted by Crippen LogP contribution is -2.26. The summed E-state index contributed by atoms with van der Waals surface area (Å²) in [5.74, 6) is 0.0787. The van der Waals surface area contributed by atoms with Gasteiger partial charge < -0.3 is 10.5 Å². The molecule has 1 aromatic carbocycles. The number of thiazole rings is 1. The number of halogens is 1. The molecule has 0 unspecified atom stereocenters. The molecule has 0 radical (unpaired) electrons. The number of nitrogens with two attached hydrogens (primary N) is 1. The Morgan fingerprint density at radius 3 is 2.73 bits per heavy atom. The maximum absolute atomic E-state index is 13.0. The van der Waals surface area contributed by atoms with Gasteiger partial charge in [-0.3, -0.25) is 19.3 Å². The van der Waals surface area contributed by atoms with E-state index in [1.165, 1.54) is 18.4 Å². The molecule has 3 aromatic heterocycles. The third-order valence-electron chi connectivity index (χ3n) is 4.34. The average Bonchev–Trinajstić information content (AvgIpc) is 3.35. The molecule has 30 heavy (non-hydrogen) atoms. The van der Waals surface area contributed by atoms with Crippen molar-refractivity contribution in [3.8, 4) is 11.4 Å². The number of nitrogens with one attached hydrogen (secondary N) is 1. The van der Waals surface area contributed by atoms with E-state index < -0.39 is 18.1 Å². The zero-order valence-electron chi connectivity index (χ0n) is 15.7. The molecule has 3 N–H and O–H groups in total. The molecule has 4 rings (SSSR count). The summed E-state index contributed by atoms with van der Waals surface area (Å²) in [6.45, 7) is -0.527. The quantitative estimate of drug-likeness (QED) is 0.471. The summed E-state index contributed by atoms with van der Waals surface area (Å²) in [7, 11) is 1.54. The van der Waals surface area contributed by atoms with E-state index in [0.29, 0.717) is 32.6 Å². The highest BCUT2D eigenvalue weighted by molar-refractivity contribution is 7.16. The van der Waals surface area contributed by atoms with Crippen LogP contribution in [0, 0.1) is 0 Å². The number of nitrogen functional groups attached to an aromatic ring is 1. The predicted molar refractivity (Wildman–Crippen MR) is 116 cm³/mol. The topological polar surface area (TPSA) is 112 Å². The molecular formula is C19H16FN5O3S2. The molecule has 154 valence electrons. The van der Waals surface area contributed by atoms with Crippen molar-refractivity contribution in [3.05, 3.63) is 56.8 Å². The predicted octanol–water partition coefficient (Wildman–Crippen LogP) is 3.26. The van der Waals surface area contributed by atoms with Crippen LogP contribution in [0.25, 0.3) is 16.5 Å². The standard InChI is InChI=1S/C19H16FN5O3S2/c1-28-12-4-2-11(3-5-12)25-18(27)14-13(9-29-16(14)21)15(24-25)17(26)23-19-22-10(6-7-20)8-30-19/h2-5,8-9H,6-7,21H2,1H3,(H,22,23,26). The average molecular weight is 446 g/mol. The molecule has 0 saturated heterocycles. The molecule has 0 saturated carbocycles. The Morgan fingerprint density at radius 2 is 2.03 bits per heavy atom. The van der Waals surface area contributed by atoms with Crippen LogP contribution < -0.4 is 21.3 Å². The Kier molecular flexibility index (Phi) is 5.46. The molecule has 0 atom stereocenters. The molecule has 0 spiro atoms. The summed E-state index contributed by atoms with van der Waals surface area (Å²) in [6.07, 6.45) is 0.179. The van der Waals surface area contributed by atoms with Crippen LogP contribution in [0.2, 0.25) is 0 Å². The second kappa shape index (κ2) is 8.20. The van der Waals surface area contributed by atoms with E-state index in [9.17, 15) is 14.0 Å². The number of alkyl halides is 1. The van der Waals surface area contributed by atoms with E-state index >= 15 is 0 Å². The monoisotopic (exact) mass is 445 g/mol. The number of methoxy groups -OCH3 is 1. The first kappa shape index (κ1) is 20.0. The number of nitrogens with zero attached hydrogens (tertiary/aromatic N) is 3. The van der Waals surface area contributed by atoms with Gasteiger partial charge in [-0.15, -0.1) is 22.7 Å². The second-order valence-corrected chi connectivity index (χ2v) is 7.96. The first-order chi connectivity index (χ1) is 14.5. The molecule has 4 aromatic rings. The zero-order valence-corrected chi connectivity index (χ0v) is 17.3. The first-order valence-corrected chi connectivity index (χ1v) is 10.5. The van der Waals surface area contributed by atoms with Gasteiger partial charge in [-0.1, -0.05) is 0 Å². The van der Waals surface area contributed by atoms with Crippen LogP contribution in [0.1, 0.15) is 16.2 Å².